The highest BCUT2D eigenvalue weighted by Gasteiger charge is 2.20. The minimum absolute atomic E-state index is 0.000524. The molecule has 30 heavy (non-hydrogen) atoms. The fourth-order valence-electron chi connectivity index (χ4n) is 2.80. The molecule has 0 N–H and O–H groups in total. The lowest BCUT2D eigenvalue weighted by Crippen LogP contribution is -2.31. The molecule has 0 unspecified atom stereocenters. The summed E-state index contributed by atoms with van der Waals surface area (Å²) in [5.41, 5.74) is 2.47. The van der Waals surface area contributed by atoms with Crippen LogP contribution < -0.4 is 0 Å². The maximum absolute atomic E-state index is 12.7. The Morgan fingerprint density at radius 2 is 2.10 bits per heavy atom. The summed E-state index contributed by atoms with van der Waals surface area (Å²) < 4.78 is 1.77. The Balaban J connectivity index is 1.69. The highest BCUT2D eigenvalue weighted by atomic mass is 35.5. The van der Waals surface area contributed by atoms with E-state index < -0.39 is 4.92 Å². The Morgan fingerprint density at radius 1 is 1.33 bits per heavy atom. The van der Waals surface area contributed by atoms with Crippen molar-refractivity contribution in [3.63, 3.8) is 0 Å². The molecule has 0 aliphatic heterocycles. The first-order chi connectivity index (χ1) is 14.3. The maximum Gasteiger partial charge on any atom is 0.269 e. The van der Waals surface area contributed by atoms with Crippen LogP contribution in [0.1, 0.15) is 24.1 Å². The topological polar surface area (TPSA) is 94.2 Å². The van der Waals surface area contributed by atoms with Crippen LogP contribution >= 0.6 is 23.4 Å². The van der Waals surface area contributed by atoms with Gasteiger partial charge in [-0.2, -0.15) is 0 Å². The van der Waals surface area contributed by atoms with Gasteiger partial charge in [-0.05, 0) is 37.1 Å². The summed E-state index contributed by atoms with van der Waals surface area (Å²) in [6, 6.07) is 11.6. The number of carbonyl (C=O) groups is 1. The van der Waals surface area contributed by atoms with Gasteiger partial charge in [0.05, 0.1) is 22.4 Å². The van der Waals surface area contributed by atoms with Crippen LogP contribution in [-0.4, -0.2) is 43.3 Å². The van der Waals surface area contributed by atoms with Gasteiger partial charge in [0, 0.05) is 24.2 Å². The lowest BCUT2D eigenvalue weighted by Gasteiger charge is -2.25. The van der Waals surface area contributed by atoms with E-state index in [0.29, 0.717) is 15.7 Å². The fourth-order valence-corrected chi connectivity index (χ4v) is 3.82. The van der Waals surface area contributed by atoms with Crippen molar-refractivity contribution in [3.05, 3.63) is 75.1 Å². The van der Waals surface area contributed by atoms with Crippen molar-refractivity contribution in [1.82, 2.24) is 19.7 Å². The average molecular weight is 446 g/mol. The molecule has 0 saturated carbocycles. The van der Waals surface area contributed by atoms with Gasteiger partial charge in [-0.3, -0.25) is 19.5 Å². The number of non-ortho nitro benzene ring substituents is 1. The lowest BCUT2D eigenvalue weighted by atomic mass is 10.1. The van der Waals surface area contributed by atoms with E-state index in [1.165, 1.54) is 23.9 Å². The number of aromatic nitrogens is 3. The number of hydrogen-bond acceptors (Lipinski definition) is 6. The molecule has 1 atom stereocenters. The standard InChI is InChI=1S/C20H20ClN5O3S/c1-13-7-8-16(10-18(13)21)25-12-22-23-20(25)30-11-19(27)24(3)14(2)15-5-4-6-17(9-15)26(28)29/h4-10,12,14H,11H2,1-3H3/t14-/m0/s1. The molecule has 1 amide bonds. The molecule has 0 radical (unpaired) electrons. The van der Waals surface area contributed by atoms with Gasteiger partial charge in [0.25, 0.3) is 5.69 Å². The van der Waals surface area contributed by atoms with E-state index in [9.17, 15) is 14.9 Å². The Labute approximate surface area is 183 Å². The van der Waals surface area contributed by atoms with E-state index in [-0.39, 0.29) is 23.4 Å². The van der Waals surface area contributed by atoms with Gasteiger partial charge in [0.1, 0.15) is 6.33 Å². The van der Waals surface area contributed by atoms with E-state index in [0.717, 1.165) is 11.3 Å². The quantitative estimate of drug-likeness (QED) is 0.303. The van der Waals surface area contributed by atoms with Crippen LogP contribution in [0.3, 0.4) is 0 Å². The van der Waals surface area contributed by atoms with Gasteiger partial charge in [-0.25, -0.2) is 0 Å². The summed E-state index contributed by atoms with van der Waals surface area (Å²) in [6.07, 6.45) is 1.57. The Bertz CT molecular complexity index is 1090. The van der Waals surface area contributed by atoms with Crippen molar-refractivity contribution >= 4 is 35.0 Å². The van der Waals surface area contributed by atoms with Crippen LogP contribution in [-0.2, 0) is 4.79 Å². The first-order valence-electron chi connectivity index (χ1n) is 9.07. The smallest absolute Gasteiger partial charge is 0.269 e. The largest absolute Gasteiger partial charge is 0.338 e. The fraction of sp³-hybridized carbons (Fsp3) is 0.250. The predicted molar refractivity (Wildman–Crippen MR) is 116 cm³/mol. The summed E-state index contributed by atoms with van der Waals surface area (Å²) in [7, 11) is 1.68. The minimum atomic E-state index is -0.446. The number of thioether (sulfide) groups is 1. The molecule has 0 aliphatic rings. The molecule has 156 valence electrons. The van der Waals surface area contributed by atoms with Gasteiger partial charge in [-0.15, -0.1) is 10.2 Å². The van der Waals surface area contributed by atoms with Gasteiger partial charge < -0.3 is 4.90 Å². The molecule has 10 heteroatoms. The zero-order valence-corrected chi connectivity index (χ0v) is 18.2. The molecular weight excluding hydrogens is 426 g/mol. The summed E-state index contributed by atoms with van der Waals surface area (Å²) in [5.74, 6) is 0.0177. The number of carbonyl (C=O) groups excluding carboxylic acids is 1. The predicted octanol–water partition coefficient (Wildman–Crippen LogP) is 4.45. The summed E-state index contributed by atoms with van der Waals surface area (Å²) in [4.78, 5) is 24.8. The highest BCUT2D eigenvalue weighted by molar-refractivity contribution is 7.99. The molecule has 3 aromatic rings. The van der Waals surface area contributed by atoms with Gasteiger partial charge in [0.2, 0.25) is 5.91 Å². The molecule has 0 aliphatic carbocycles. The number of halogens is 1. The zero-order chi connectivity index (χ0) is 21.8. The van der Waals surface area contributed by atoms with Crippen molar-refractivity contribution in [2.24, 2.45) is 0 Å². The second kappa shape index (κ2) is 9.27. The van der Waals surface area contributed by atoms with Crippen LogP contribution in [0.15, 0.2) is 53.9 Å². The molecule has 1 heterocycles. The van der Waals surface area contributed by atoms with E-state index >= 15 is 0 Å². The first-order valence-corrected chi connectivity index (χ1v) is 10.4. The minimum Gasteiger partial charge on any atom is -0.338 e. The van der Waals surface area contributed by atoms with Crippen LogP contribution in [0.25, 0.3) is 5.69 Å². The van der Waals surface area contributed by atoms with Crippen LogP contribution in [0.2, 0.25) is 5.02 Å². The Hall–Kier alpha value is -2.91. The summed E-state index contributed by atoms with van der Waals surface area (Å²) in [6.45, 7) is 3.75. The number of amides is 1. The summed E-state index contributed by atoms with van der Waals surface area (Å²) in [5, 5.41) is 20.2. The maximum atomic E-state index is 12.7. The van der Waals surface area contributed by atoms with Gasteiger partial charge in [-0.1, -0.05) is 41.6 Å². The van der Waals surface area contributed by atoms with E-state index in [4.69, 9.17) is 11.6 Å². The van der Waals surface area contributed by atoms with Crippen LogP contribution in [0, 0.1) is 17.0 Å². The van der Waals surface area contributed by atoms with Crippen molar-refractivity contribution < 1.29 is 9.72 Å². The number of hydrogen-bond donors (Lipinski definition) is 0. The average Bonchev–Trinajstić information content (AvgIpc) is 3.21. The first kappa shape index (κ1) is 21.8. The third-order valence-corrected chi connectivity index (χ3v) is 6.15. The number of nitro groups is 1. The van der Waals surface area contributed by atoms with Gasteiger partial charge in [0.15, 0.2) is 5.16 Å². The molecule has 0 spiro atoms. The number of aryl methyl sites for hydroxylation is 1. The molecule has 2 aromatic carbocycles. The molecular formula is C20H20ClN5O3S. The third-order valence-electron chi connectivity index (χ3n) is 4.81. The second-order valence-electron chi connectivity index (χ2n) is 6.74. The highest BCUT2D eigenvalue weighted by Crippen LogP contribution is 2.26. The lowest BCUT2D eigenvalue weighted by molar-refractivity contribution is -0.384. The van der Waals surface area contributed by atoms with Gasteiger partial charge >= 0.3 is 0 Å². The normalized spacial score (nSPS) is 11.9. The summed E-state index contributed by atoms with van der Waals surface area (Å²) >= 11 is 7.47. The zero-order valence-electron chi connectivity index (χ0n) is 16.7. The van der Waals surface area contributed by atoms with E-state index in [2.05, 4.69) is 10.2 Å². The van der Waals surface area contributed by atoms with Crippen molar-refractivity contribution in [1.29, 1.82) is 0 Å². The van der Waals surface area contributed by atoms with Crippen LogP contribution in [0.5, 0.6) is 0 Å². The number of nitro benzene ring substituents is 1. The van der Waals surface area contributed by atoms with Crippen LogP contribution in [0.4, 0.5) is 5.69 Å². The number of rotatable bonds is 7. The number of benzene rings is 2. The van der Waals surface area contributed by atoms with E-state index in [1.807, 2.05) is 32.0 Å². The SMILES string of the molecule is Cc1ccc(-n2cnnc2SCC(=O)N(C)[C@@H](C)c2cccc([N+](=O)[O-])c2)cc1Cl. The number of nitrogens with zero attached hydrogens (tertiary/aromatic N) is 5. The molecule has 1 aromatic heterocycles. The van der Waals surface area contributed by atoms with E-state index in [1.54, 1.807) is 35.0 Å². The van der Waals surface area contributed by atoms with Crippen molar-refractivity contribution in [2.45, 2.75) is 25.0 Å². The molecule has 8 nitrogen and oxygen atoms in total. The monoisotopic (exact) mass is 445 g/mol. The molecule has 0 bridgehead atoms. The molecule has 0 saturated heterocycles. The Kier molecular flexibility index (Phi) is 6.73. The molecule has 0 fully saturated rings. The third kappa shape index (κ3) is 4.80. The second-order valence-corrected chi connectivity index (χ2v) is 8.09. The Morgan fingerprint density at radius 3 is 2.80 bits per heavy atom. The molecule has 3 rings (SSSR count). The van der Waals surface area contributed by atoms with Crippen molar-refractivity contribution in [2.75, 3.05) is 12.8 Å². The van der Waals surface area contributed by atoms with Crippen molar-refractivity contribution in [3.8, 4) is 5.69 Å².